The molecule has 1 aromatic heterocycles. The second-order valence-corrected chi connectivity index (χ2v) is 7.15. The van der Waals surface area contributed by atoms with Gasteiger partial charge in [-0.2, -0.15) is 0 Å². The average Bonchev–Trinajstić information content (AvgIpc) is 2.68. The highest BCUT2D eigenvalue weighted by Crippen LogP contribution is 2.19. The zero-order valence-corrected chi connectivity index (χ0v) is 15.7. The van der Waals surface area contributed by atoms with Crippen molar-refractivity contribution in [3.63, 3.8) is 0 Å². The van der Waals surface area contributed by atoms with Crippen LogP contribution in [0.5, 0.6) is 0 Å². The van der Waals surface area contributed by atoms with Crippen LogP contribution in [-0.2, 0) is 0 Å². The Labute approximate surface area is 156 Å². The number of amides is 1. The second kappa shape index (κ2) is 8.70. The monoisotopic (exact) mass is 352 g/mol. The van der Waals surface area contributed by atoms with Gasteiger partial charge in [-0.25, -0.2) is 4.98 Å². The Morgan fingerprint density at radius 2 is 1.77 bits per heavy atom. The fourth-order valence-electron chi connectivity index (χ4n) is 3.14. The van der Waals surface area contributed by atoms with Crippen molar-refractivity contribution in [2.75, 3.05) is 42.5 Å². The molecule has 0 atom stereocenters. The van der Waals surface area contributed by atoms with Crippen molar-refractivity contribution in [3.05, 3.63) is 54.2 Å². The van der Waals surface area contributed by atoms with Crippen LogP contribution in [0.2, 0.25) is 0 Å². The van der Waals surface area contributed by atoms with Gasteiger partial charge in [-0.05, 0) is 36.6 Å². The minimum atomic E-state index is -0.0165. The maximum absolute atomic E-state index is 12.3. The number of aromatic nitrogens is 1. The van der Waals surface area contributed by atoms with Gasteiger partial charge in [0, 0.05) is 50.2 Å². The molecule has 3 rings (SSSR count). The summed E-state index contributed by atoms with van der Waals surface area (Å²) in [6.45, 7) is 8.75. The number of anilines is 2. The van der Waals surface area contributed by atoms with E-state index in [0.717, 1.165) is 38.4 Å². The normalized spacial score (nSPS) is 14.6. The Balaban J connectivity index is 1.58. The molecular formula is C21H28N4O. The van der Waals surface area contributed by atoms with E-state index in [9.17, 15) is 4.79 Å². The third kappa shape index (κ3) is 4.75. The molecule has 1 saturated heterocycles. The number of hydrogen-bond acceptors (Lipinski definition) is 4. The standard InChI is InChI=1S/C21H28N4O/c1-17(2)8-10-23-21(26)18-9-11-22-20(16-18)25-14-12-24(13-15-25)19-6-4-3-5-7-19/h3-7,9,11,16-17H,8,10,12-15H2,1-2H3,(H,23,26). The lowest BCUT2D eigenvalue weighted by Gasteiger charge is -2.36. The maximum Gasteiger partial charge on any atom is 0.251 e. The highest BCUT2D eigenvalue weighted by molar-refractivity contribution is 5.94. The topological polar surface area (TPSA) is 48.5 Å². The molecule has 1 aliphatic heterocycles. The number of rotatable bonds is 6. The van der Waals surface area contributed by atoms with Crippen LogP contribution in [0.1, 0.15) is 30.6 Å². The molecule has 5 heteroatoms. The Morgan fingerprint density at radius 1 is 1.08 bits per heavy atom. The predicted molar refractivity (Wildman–Crippen MR) is 107 cm³/mol. The summed E-state index contributed by atoms with van der Waals surface area (Å²) in [5.41, 5.74) is 1.95. The average molecular weight is 352 g/mol. The molecule has 0 unspecified atom stereocenters. The molecule has 138 valence electrons. The van der Waals surface area contributed by atoms with Crippen molar-refractivity contribution in [1.29, 1.82) is 0 Å². The van der Waals surface area contributed by atoms with E-state index >= 15 is 0 Å². The second-order valence-electron chi connectivity index (χ2n) is 7.15. The largest absolute Gasteiger partial charge is 0.368 e. The first-order valence-corrected chi connectivity index (χ1v) is 9.42. The molecule has 1 N–H and O–H groups in total. The van der Waals surface area contributed by atoms with Crippen LogP contribution in [0.3, 0.4) is 0 Å². The number of carbonyl (C=O) groups is 1. The molecule has 2 aromatic rings. The van der Waals surface area contributed by atoms with Crippen LogP contribution in [0, 0.1) is 5.92 Å². The summed E-state index contributed by atoms with van der Waals surface area (Å²) >= 11 is 0. The smallest absolute Gasteiger partial charge is 0.251 e. The van der Waals surface area contributed by atoms with Gasteiger partial charge in [0.1, 0.15) is 5.82 Å². The number of nitrogens with zero attached hydrogens (tertiary/aromatic N) is 3. The van der Waals surface area contributed by atoms with Gasteiger partial charge in [-0.1, -0.05) is 32.0 Å². The zero-order valence-electron chi connectivity index (χ0n) is 15.7. The molecule has 0 saturated carbocycles. The molecule has 2 heterocycles. The van der Waals surface area contributed by atoms with E-state index < -0.39 is 0 Å². The minimum Gasteiger partial charge on any atom is -0.368 e. The van der Waals surface area contributed by atoms with Crippen LogP contribution in [0.15, 0.2) is 48.7 Å². The molecule has 1 aliphatic rings. The molecule has 1 amide bonds. The number of benzene rings is 1. The lowest BCUT2D eigenvalue weighted by Crippen LogP contribution is -2.46. The Kier molecular flexibility index (Phi) is 6.10. The number of carbonyl (C=O) groups excluding carboxylic acids is 1. The first-order valence-electron chi connectivity index (χ1n) is 9.42. The molecule has 26 heavy (non-hydrogen) atoms. The van der Waals surface area contributed by atoms with Crippen LogP contribution < -0.4 is 15.1 Å². The van der Waals surface area contributed by atoms with Crippen molar-refractivity contribution < 1.29 is 4.79 Å². The fraction of sp³-hybridized carbons (Fsp3) is 0.429. The molecule has 1 aromatic carbocycles. The van der Waals surface area contributed by atoms with E-state index in [1.807, 2.05) is 12.1 Å². The van der Waals surface area contributed by atoms with Crippen LogP contribution in [0.25, 0.3) is 0 Å². The summed E-state index contributed by atoms with van der Waals surface area (Å²) < 4.78 is 0. The van der Waals surface area contributed by atoms with Gasteiger partial charge in [0.05, 0.1) is 0 Å². The Morgan fingerprint density at radius 3 is 2.46 bits per heavy atom. The first-order chi connectivity index (χ1) is 12.6. The van der Waals surface area contributed by atoms with Crippen molar-refractivity contribution in [3.8, 4) is 0 Å². The number of hydrogen-bond donors (Lipinski definition) is 1. The van der Waals surface area contributed by atoms with Gasteiger partial charge in [0.25, 0.3) is 5.91 Å². The van der Waals surface area contributed by atoms with E-state index in [1.165, 1.54) is 5.69 Å². The summed E-state index contributed by atoms with van der Waals surface area (Å²) in [7, 11) is 0. The Bertz CT molecular complexity index is 709. The van der Waals surface area contributed by atoms with Crippen molar-refractivity contribution in [1.82, 2.24) is 10.3 Å². The highest BCUT2D eigenvalue weighted by atomic mass is 16.1. The van der Waals surface area contributed by atoms with Crippen molar-refractivity contribution >= 4 is 17.4 Å². The van der Waals surface area contributed by atoms with Gasteiger partial charge in [0.2, 0.25) is 0 Å². The SMILES string of the molecule is CC(C)CCNC(=O)c1ccnc(N2CCN(c3ccccc3)CC2)c1. The van der Waals surface area contributed by atoms with Crippen LogP contribution >= 0.6 is 0 Å². The first kappa shape index (κ1) is 18.2. The number of piperazine rings is 1. The lowest BCUT2D eigenvalue weighted by atomic mass is 10.1. The quantitative estimate of drug-likeness (QED) is 0.867. The van der Waals surface area contributed by atoms with E-state index in [-0.39, 0.29) is 5.91 Å². The number of nitrogens with one attached hydrogen (secondary N) is 1. The van der Waals surface area contributed by atoms with E-state index in [2.05, 4.69) is 58.2 Å². The lowest BCUT2D eigenvalue weighted by molar-refractivity contribution is 0.0952. The third-order valence-corrected chi connectivity index (χ3v) is 4.74. The fourth-order valence-corrected chi connectivity index (χ4v) is 3.14. The number of pyridine rings is 1. The van der Waals surface area contributed by atoms with Crippen LogP contribution in [-0.4, -0.2) is 43.6 Å². The van der Waals surface area contributed by atoms with Crippen molar-refractivity contribution in [2.24, 2.45) is 5.92 Å². The van der Waals surface area contributed by atoms with Crippen LogP contribution in [0.4, 0.5) is 11.5 Å². The van der Waals surface area contributed by atoms with Gasteiger partial charge in [-0.3, -0.25) is 4.79 Å². The van der Waals surface area contributed by atoms with Gasteiger partial charge >= 0.3 is 0 Å². The van der Waals surface area contributed by atoms with E-state index in [4.69, 9.17) is 0 Å². The van der Waals surface area contributed by atoms with E-state index in [0.29, 0.717) is 18.0 Å². The molecule has 1 fully saturated rings. The van der Waals surface area contributed by atoms with Gasteiger partial charge in [-0.15, -0.1) is 0 Å². The van der Waals surface area contributed by atoms with E-state index in [1.54, 1.807) is 12.3 Å². The Hall–Kier alpha value is -2.56. The predicted octanol–water partition coefficient (Wildman–Crippen LogP) is 3.18. The minimum absolute atomic E-state index is 0.0165. The summed E-state index contributed by atoms with van der Waals surface area (Å²) in [5.74, 6) is 1.45. The summed E-state index contributed by atoms with van der Waals surface area (Å²) in [4.78, 5) is 21.5. The summed E-state index contributed by atoms with van der Waals surface area (Å²) in [6, 6.07) is 14.2. The number of para-hydroxylation sites is 1. The molecular weight excluding hydrogens is 324 g/mol. The summed E-state index contributed by atoms with van der Waals surface area (Å²) in [5, 5.41) is 3.00. The zero-order chi connectivity index (χ0) is 18.4. The van der Waals surface area contributed by atoms with Gasteiger partial charge < -0.3 is 15.1 Å². The van der Waals surface area contributed by atoms with Crippen molar-refractivity contribution in [2.45, 2.75) is 20.3 Å². The highest BCUT2D eigenvalue weighted by Gasteiger charge is 2.19. The summed E-state index contributed by atoms with van der Waals surface area (Å²) in [6.07, 6.45) is 2.72. The molecule has 0 aliphatic carbocycles. The third-order valence-electron chi connectivity index (χ3n) is 4.74. The molecule has 5 nitrogen and oxygen atoms in total. The maximum atomic E-state index is 12.3. The van der Waals surface area contributed by atoms with Gasteiger partial charge in [0.15, 0.2) is 0 Å². The molecule has 0 radical (unpaired) electrons. The molecule has 0 bridgehead atoms. The molecule has 0 spiro atoms.